The first kappa shape index (κ1) is 22.6. The van der Waals surface area contributed by atoms with Gasteiger partial charge in [-0.1, -0.05) is 23.7 Å². The average molecular weight is 478 g/mol. The van der Waals surface area contributed by atoms with Crippen LogP contribution in [-0.2, 0) is 4.79 Å². The summed E-state index contributed by atoms with van der Waals surface area (Å²) in [7, 11) is 1.49. The molecular formula is C25H20ClN3O3S. The predicted octanol–water partition coefficient (Wildman–Crippen LogP) is 6.14. The number of nitrogens with one attached hydrogen (secondary N) is 1. The van der Waals surface area contributed by atoms with E-state index in [4.69, 9.17) is 16.3 Å². The molecule has 0 aliphatic rings. The topological polar surface area (TPSA) is 81.2 Å². The van der Waals surface area contributed by atoms with Gasteiger partial charge in [0.25, 0.3) is 0 Å². The molecule has 0 radical (unpaired) electrons. The summed E-state index contributed by atoms with van der Waals surface area (Å²) in [6, 6.07) is 16.1. The average Bonchev–Trinajstić information content (AvgIpc) is 3.34. The van der Waals surface area contributed by atoms with Crippen molar-refractivity contribution in [2.45, 2.75) is 12.8 Å². The lowest BCUT2D eigenvalue weighted by Crippen LogP contribution is -2.14. The Morgan fingerprint density at radius 2 is 1.91 bits per heavy atom. The third-order valence-electron chi connectivity index (χ3n) is 4.90. The van der Waals surface area contributed by atoms with Crippen LogP contribution in [0.15, 0.2) is 72.4 Å². The molecule has 166 valence electrons. The number of amides is 1. The Balaban J connectivity index is 1.40. The lowest BCUT2D eigenvalue weighted by molar-refractivity contribution is -0.116. The smallest absolute Gasteiger partial charge is 0.224 e. The molecule has 0 unspecified atom stereocenters. The molecule has 1 amide bonds. The number of hydrogen-bond acceptors (Lipinski definition) is 6. The number of pyridine rings is 1. The van der Waals surface area contributed by atoms with E-state index in [2.05, 4.69) is 15.3 Å². The molecule has 8 heteroatoms. The van der Waals surface area contributed by atoms with E-state index in [0.29, 0.717) is 22.0 Å². The lowest BCUT2D eigenvalue weighted by Gasteiger charge is -2.09. The van der Waals surface area contributed by atoms with Crippen LogP contribution < -0.4 is 10.1 Å². The first-order valence-electron chi connectivity index (χ1n) is 10.2. The Kier molecular flexibility index (Phi) is 7.12. The van der Waals surface area contributed by atoms with Crippen LogP contribution in [0, 0.1) is 0 Å². The number of thiazole rings is 1. The highest BCUT2D eigenvalue weighted by atomic mass is 35.5. The molecule has 0 fully saturated rings. The van der Waals surface area contributed by atoms with Crippen LogP contribution >= 0.6 is 22.9 Å². The maximum Gasteiger partial charge on any atom is 0.224 e. The van der Waals surface area contributed by atoms with Gasteiger partial charge in [0.15, 0.2) is 5.78 Å². The van der Waals surface area contributed by atoms with E-state index in [0.717, 1.165) is 21.8 Å². The molecule has 2 aromatic heterocycles. The minimum Gasteiger partial charge on any atom is -0.496 e. The van der Waals surface area contributed by atoms with E-state index in [1.165, 1.54) is 18.4 Å². The number of methoxy groups -OCH3 is 1. The zero-order valence-electron chi connectivity index (χ0n) is 17.7. The van der Waals surface area contributed by atoms with Gasteiger partial charge in [0, 0.05) is 52.5 Å². The number of rotatable bonds is 8. The van der Waals surface area contributed by atoms with Crippen molar-refractivity contribution in [2.75, 3.05) is 12.4 Å². The molecule has 0 bridgehead atoms. The quantitative estimate of drug-likeness (QED) is 0.308. The Bertz CT molecular complexity index is 1290. The van der Waals surface area contributed by atoms with Crippen molar-refractivity contribution in [1.82, 2.24) is 9.97 Å². The number of anilines is 1. The van der Waals surface area contributed by atoms with Gasteiger partial charge in [-0.3, -0.25) is 14.6 Å². The molecule has 33 heavy (non-hydrogen) atoms. The molecule has 1 N–H and O–H groups in total. The van der Waals surface area contributed by atoms with Gasteiger partial charge in [-0.2, -0.15) is 0 Å². The largest absolute Gasteiger partial charge is 0.496 e. The van der Waals surface area contributed by atoms with Crippen LogP contribution in [0.4, 0.5) is 5.69 Å². The molecule has 6 nitrogen and oxygen atoms in total. The summed E-state index contributed by atoms with van der Waals surface area (Å²) >= 11 is 7.53. The van der Waals surface area contributed by atoms with Crippen molar-refractivity contribution in [2.24, 2.45) is 0 Å². The Hall–Kier alpha value is -3.55. The van der Waals surface area contributed by atoms with E-state index in [1.54, 1.807) is 36.7 Å². The number of aromatic nitrogens is 2. The summed E-state index contributed by atoms with van der Waals surface area (Å²) < 4.78 is 5.22. The summed E-state index contributed by atoms with van der Waals surface area (Å²) in [4.78, 5) is 33.8. The molecule has 0 atom stereocenters. The fraction of sp³-hybridized carbons (Fsp3) is 0.120. The van der Waals surface area contributed by atoms with Crippen molar-refractivity contribution >= 4 is 40.3 Å². The summed E-state index contributed by atoms with van der Waals surface area (Å²) in [5.74, 6) is -0.0223. The summed E-state index contributed by atoms with van der Waals surface area (Å²) in [5.41, 5.74) is 3.67. The fourth-order valence-electron chi connectivity index (χ4n) is 3.27. The minimum atomic E-state index is -0.254. The van der Waals surface area contributed by atoms with E-state index in [1.807, 2.05) is 35.7 Å². The molecule has 0 aliphatic carbocycles. The van der Waals surface area contributed by atoms with Crippen molar-refractivity contribution in [3.8, 4) is 27.6 Å². The monoisotopic (exact) mass is 477 g/mol. The molecule has 0 saturated carbocycles. The van der Waals surface area contributed by atoms with E-state index >= 15 is 0 Å². The van der Waals surface area contributed by atoms with Gasteiger partial charge in [0.2, 0.25) is 5.91 Å². The SMILES string of the molecule is COc1ccc(Cl)cc1C(=O)CCC(=O)Nc1cccc(-c2csc(-c3cccnc3)n2)c1. The molecule has 0 aliphatic heterocycles. The maximum atomic E-state index is 12.6. The van der Waals surface area contributed by atoms with Crippen LogP contribution in [-0.4, -0.2) is 28.8 Å². The number of nitrogens with zero attached hydrogens (tertiary/aromatic N) is 2. The third kappa shape index (κ3) is 5.63. The van der Waals surface area contributed by atoms with Crippen LogP contribution in [0.5, 0.6) is 5.75 Å². The van der Waals surface area contributed by atoms with Gasteiger partial charge in [0.05, 0.1) is 18.4 Å². The maximum absolute atomic E-state index is 12.6. The highest BCUT2D eigenvalue weighted by Crippen LogP contribution is 2.30. The molecule has 0 spiro atoms. The molecule has 2 heterocycles. The summed E-state index contributed by atoms with van der Waals surface area (Å²) in [6.07, 6.45) is 3.59. The van der Waals surface area contributed by atoms with Crippen LogP contribution in [0.25, 0.3) is 21.8 Å². The molecule has 4 aromatic rings. The Morgan fingerprint density at radius 1 is 1.06 bits per heavy atom. The minimum absolute atomic E-state index is 0.0422. The normalized spacial score (nSPS) is 10.6. The number of carbonyl (C=O) groups excluding carboxylic acids is 2. The number of halogens is 1. The summed E-state index contributed by atoms with van der Waals surface area (Å²) in [5, 5.41) is 6.14. The molecule has 0 saturated heterocycles. The van der Waals surface area contributed by atoms with Gasteiger partial charge in [-0.15, -0.1) is 11.3 Å². The van der Waals surface area contributed by atoms with Crippen molar-refractivity contribution < 1.29 is 14.3 Å². The third-order valence-corrected chi connectivity index (χ3v) is 6.02. The highest BCUT2D eigenvalue weighted by molar-refractivity contribution is 7.13. The Labute approximate surface area is 200 Å². The Morgan fingerprint density at radius 3 is 2.70 bits per heavy atom. The molecule has 2 aromatic carbocycles. The number of Topliss-reactive ketones (excluding diaryl/α,β-unsaturated/α-hetero) is 1. The predicted molar refractivity (Wildman–Crippen MR) is 131 cm³/mol. The highest BCUT2D eigenvalue weighted by Gasteiger charge is 2.15. The van der Waals surface area contributed by atoms with Gasteiger partial charge in [-0.05, 0) is 42.5 Å². The van der Waals surface area contributed by atoms with Gasteiger partial charge < -0.3 is 10.1 Å². The standard InChI is InChI=1S/C25H20ClN3O3S/c1-32-23-9-7-18(26)13-20(23)22(30)8-10-24(31)28-19-6-2-4-16(12-19)21-15-33-25(29-21)17-5-3-11-27-14-17/h2-7,9,11-15H,8,10H2,1H3,(H,28,31). The zero-order valence-corrected chi connectivity index (χ0v) is 19.3. The van der Waals surface area contributed by atoms with E-state index < -0.39 is 0 Å². The summed E-state index contributed by atoms with van der Waals surface area (Å²) in [6.45, 7) is 0. The van der Waals surface area contributed by atoms with Crippen LogP contribution in [0.3, 0.4) is 0 Å². The number of ketones is 1. The van der Waals surface area contributed by atoms with Crippen molar-refractivity contribution in [3.63, 3.8) is 0 Å². The second kappa shape index (κ2) is 10.4. The first-order valence-corrected chi connectivity index (χ1v) is 11.4. The van der Waals surface area contributed by atoms with Gasteiger partial charge in [0.1, 0.15) is 10.8 Å². The first-order chi connectivity index (χ1) is 16.0. The molecular weight excluding hydrogens is 458 g/mol. The second-order valence-electron chi connectivity index (χ2n) is 7.18. The van der Waals surface area contributed by atoms with Crippen molar-refractivity contribution in [3.05, 3.63) is 83.0 Å². The fourth-order valence-corrected chi connectivity index (χ4v) is 4.26. The number of ether oxygens (including phenoxy) is 1. The number of benzene rings is 2. The number of carbonyl (C=O) groups is 2. The van der Waals surface area contributed by atoms with Crippen LogP contribution in [0.1, 0.15) is 23.2 Å². The van der Waals surface area contributed by atoms with E-state index in [9.17, 15) is 9.59 Å². The number of hydrogen-bond donors (Lipinski definition) is 1. The van der Waals surface area contributed by atoms with Gasteiger partial charge in [-0.25, -0.2) is 4.98 Å². The van der Waals surface area contributed by atoms with Gasteiger partial charge >= 0.3 is 0 Å². The molecule has 4 rings (SSSR count). The van der Waals surface area contributed by atoms with E-state index in [-0.39, 0.29) is 24.5 Å². The second-order valence-corrected chi connectivity index (χ2v) is 8.47. The zero-order chi connectivity index (χ0) is 23.2. The van der Waals surface area contributed by atoms with Crippen molar-refractivity contribution in [1.29, 1.82) is 0 Å². The lowest BCUT2D eigenvalue weighted by atomic mass is 10.1. The van der Waals surface area contributed by atoms with Crippen LogP contribution in [0.2, 0.25) is 5.02 Å².